The van der Waals surface area contributed by atoms with E-state index in [1.807, 2.05) is 0 Å². The SMILES string of the molecule is C.C#C.[PbH2]. The van der Waals surface area contributed by atoms with Crippen LogP contribution in [0.2, 0.25) is 0 Å². The standard InChI is InChI=1S/C2H2.CH4.Pb.2H/c1-2;;;;/h1-2H;1H4;;;. The van der Waals surface area contributed by atoms with Crippen LogP contribution in [0.15, 0.2) is 0 Å². The van der Waals surface area contributed by atoms with Gasteiger partial charge in [0, 0.05) is 0 Å². The van der Waals surface area contributed by atoms with Crippen molar-refractivity contribution in [1.82, 2.24) is 0 Å². The van der Waals surface area contributed by atoms with Crippen LogP contribution in [0, 0.1) is 12.8 Å². The molecular weight excluding hydrogens is 243 g/mol. The Morgan fingerprint density at radius 2 is 1.00 bits per heavy atom. The molecule has 0 aliphatic heterocycles. The van der Waals surface area contributed by atoms with Crippen molar-refractivity contribution in [2.24, 2.45) is 0 Å². The van der Waals surface area contributed by atoms with Gasteiger partial charge in [-0.05, 0) is 0 Å². The van der Waals surface area contributed by atoms with E-state index >= 15 is 0 Å². The van der Waals surface area contributed by atoms with Crippen molar-refractivity contribution in [1.29, 1.82) is 0 Å². The Morgan fingerprint density at radius 3 is 1.00 bits per heavy atom. The molecule has 4 heavy (non-hydrogen) atoms. The second kappa shape index (κ2) is 92.3. The monoisotopic (exact) mass is 252 g/mol. The molecule has 0 aliphatic carbocycles. The van der Waals surface area contributed by atoms with E-state index in [4.69, 9.17) is 0 Å². The van der Waals surface area contributed by atoms with Gasteiger partial charge >= 0.3 is 27.3 Å². The molecule has 0 N–H and O–H groups in total. The molecule has 0 nitrogen and oxygen atoms in total. The quantitative estimate of drug-likeness (QED) is 0.419. The van der Waals surface area contributed by atoms with Crippen molar-refractivity contribution in [2.45, 2.75) is 7.43 Å². The van der Waals surface area contributed by atoms with Crippen LogP contribution in [-0.2, 0) is 0 Å². The first-order valence-electron chi connectivity index (χ1n) is 0.333. The topological polar surface area (TPSA) is 0 Å². The van der Waals surface area contributed by atoms with Gasteiger partial charge in [0.1, 0.15) is 0 Å². The Labute approximate surface area is 47.8 Å². The van der Waals surface area contributed by atoms with Crippen LogP contribution in [0.1, 0.15) is 7.43 Å². The van der Waals surface area contributed by atoms with Gasteiger partial charge in [0.05, 0.1) is 0 Å². The molecule has 0 saturated carbocycles. The van der Waals surface area contributed by atoms with E-state index < -0.39 is 0 Å². The van der Waals surface area contributed by atoms with E-state index in [0.717, 1.165) is 0 Å². The minimum atomic E-state index is 0. The fourth-order valence-electron chi connectivity index (χ4n) is 0. The molecule has 0 amide bonds. The van der Waals surface area contributed by atoms with Gasteiger partial charge in [-0.15, -0.1) is 12.8 Å². The summed E-state index contributed by atoms with van der Waals surface area (Å²) in [6, 6.07) is 0. The van der Waals surface area contributed by atoms with Crippen LogP contribution in [0.5, 0.6) is 0 Å². The Morgan fingerprint density at radius 1 is 1.00 bits per heavy atom. The summed E-state index contributed by atoms with van der Waals surface area (Å²) in [6.07, 6.45) is 8.00. The number of hydrogen-bond acceptors (Lipinski definition) is 0. The fraction of sp³-hybridized carbons (Fsp3) is 0.333. The third-order valence-electron chi connectivity index (χ3n) is 0. The predicted octanol–water partition coefficient (Wildman–Crippen LogP) is -0.0307. The number of rotatable bonds is 0. The first-order chi connectivity index (χ1) is 1.00. The average Bonchev–Trinajstić information content (AvgIpc) is 1.00. The summed E-state index contributed by atoms with van der Waals surface area (Å²) in [4.78, 5) is 0. The molecule has 0 bridgehead atoms. The number of hydrogen-bond donors (Lipinski definition) is 0. The molecule has 0 rings (SSSR count). The van der Waals surface area contributed by atoms with Crippen LogP contribution in [0.4, 0.5) is 0 Å². The molecule has 0 saturated heterocycles. The zero-order chi connectivity index (χ0) is 2.00. The van der Waals surface area contributed by atoms with E-state index in [9.17, 15) is 0 Å². The van der Waals surface area contributed by atoms with Crippen molar-refractivity contribution >= 4 is 27.3 Å². The average molecular weight is 251 g/mol. The van der Waals surface area contributed by atoms with Gasteiger partial charge in [0.15, 0.2) is 0 Å². The summed E-state index contributed by atoms with van der Waals surface area (Å²) in [5, 5.41) is 0. The maximum atomic E-state index is 4.00. The minimum absolute atomic E-state index is 0. The third-order valence-corrected chi connectivity index (χ3v) is 0. The van der Waals surface area contributed by atoms with Gasteiger partial charge in [-0.3, -0.25) is 0 Å². The molecule has 0 aliphatic rings. The molecule has 24 valence electrons. The Bertz CT molecular complexity index is 8.00. The molecule has 0 spiro atoms. The Hall–Kier alpha value is 0.482. The molecule has 1 heteroatoms. The van der Waals surface area contributed by atoms with E-state index in [0.29, 0.717) is 0 Å². The summed E-state index contributed by atoms with van der Waals surface area (Å²) in [5.41, 5.74) is 0. The van der Waals surface area contributed by atoms with E-state index in [1.54, 1.807) is 0 Å². The molecule has 0 atom stereocenters. The van der Waals surface area contributed by atoms with Crippen molar-refractivity contribution < 1.29 is 0 Å². The van der Waals surface area contributed by atoms with E-state index in [-0.39, 0.29) is 34.7 Å². The summed E-state index contributed by atoms with van der Waals surface area (Å²) in [5.74, 6) is 0. The van der Waals surface area contributed by atoms with Crippen LogP contribution < -0.4 is 0 Å². The fourth-order valence-corrected chi connectivity index (χ4v) is 0. The molecular formula is C3H8Pb. The molecule has 0 unspecified atom stereocenters. The first-order valence-corrected chi connectivity index (χ1v) is 0.333. The molecule has 0 aromatic carbocycles. The van der Waals surface area contributed by atoms with Crippen LogP contribution in [-0.4, -0.2) is 27.3 Å². The van der Waals surface area contributed by atoms with Crippen LogP contribution in [0.25, 0.3) is 0 Å². The summed E-state index contributed by atoms with van der Waals surface area (Å²) in [7, 11) is 0. The molecule has 2 radical (unpaired) electrons. The summed E-state index contributed by atoms with van der Waals surface area (Å²) >= 11 is 0. The molecule has 0 fully saturated rings. The van der Waals surface area contributed by atoms with Gasteiger partial charge in [-0.25, -0.2) is 0 Å². The number of terminal acetylenes is 1. The molecule has 0 heterocycles. The first kappa shape index (κ1) is 24.7. The van der Waals surface area contributed by atoms with E-state index in [1.165, 1.54) is 0 Å². The van der Waals surface area contributed by atoms with Crippen molar-refractivity contribution in [3.63, 3.8) is 0 Å². The second-order valence-corrected chi connectivity index (χ2v) is 0. The maximum absolute atomic E-state index is 4.00. The zero-order valence-electron chi connectivity index (χ0n) is 1.86. The zero-order valence-corrected chi connectivity index (χ0v) is 7.36. The molecule has 0 aromatic rings. The van der Waals surface area contributed by atoms with Gasteiger partial charge in [-0.2, -0.15) is 0 Å². The van der Waals surface area contributed by atoms with Gasteiger partial charge < -0.3 is 0 Å². The normalized spacial score (nSPS) is 0.500. The van der Waals surface area contributed by atoms with Crippen molar-refractivity contribution in [2.75, 3.05) is 0 Å². The Balaban J connectivity index is -0.00000000500. The Kier molecular flexibility index (Phi) is 571. The van der Waals surface area contributed by atoms with E-state index in [2.05, 4.69) is 12.8 Å². The predicted molar refractivity (Wildman–Crippen MR) is 25.2 cm³/mol. The van der Waals surface area contributed by atoms with Crippen molar-refractivity contribution in [3.8, 4) is 12.8 Å². The van der Waals surface area contributed by atoms with Gasteiger partial charge in [0.2, 0.25) is 0 Å². The molecule has 0 aromatic heterocycles. The summed E-state index contributed by atoms with van der Waals surface area (Å²) < 4.78 is 0. The van der Waals surface area contributed by atoms with Gasteiger partial charge in [-0.1, -0.05) is 7.43 Å². The van der Waals surface area contributed by atoms with Crippen LogP contribution in [0.3, 0.4) is 0 Å². The van der Waals surface area contributed by atoms with Gasteiger partial charge in [0.25, 0.3) is 0 Å². The summed E-state index contributed by atoms with van der Waals surface area (Å²) in [6.45, 7) is 0. The second-order valence-electron chi connectivity index (χ2n) is 0. The van der Waals surface area contributed by atoms with Crippen molar-refractivity contribution in [3.05, 3.63) is 0 Å². The third kappa shape index (κ3) is 23.5. The van der Waals surface area contributed by atoms with Crippen LogP contribution >= 0.6 is 0 Å².